The van der Waals surface area contributed by atoms with Crippen LogP contribution in [0.15, 0.2) is 18.2 Å². The second-order valence-corrected chi connectivity index (χ2v) is 3.44. The summed E-state index contributed by atoms with van der Waals surface area (Å²) in [7, 11) is 1.59. The van der Waals surface area contributed by atoms with Gasteiger partial charge in [-0.2, -0.15) is 0 Å². The van der Waals surface area contributed by atoms with Gasteiger partial charge in [0.25, 0.3) is 0 Å². The fourth-order valence-corrected chi connectivity index (χ4v) is 1.17. The maximum atomic E-state index is 12.9. The third-order valence-corrected chi connectivity index (χ3v) is 1.97. The predicted molar refractivity (Wildman–Crippen MR) is 56.5 cm³/mol. The van der Waals surface area contributed by atoms with Gasteiger partial charge in [-0.1, -0.05) is 0 Å². The third-order valence-electron chi connectivity index (χ3n) is 1.97. The van der Waals surface area contributed by atoms with E-state index < -0.39 is 0 Å². The first-order valence-corrected chi connectivity index (χ1v) is 4.77. The summed E-state index contributed by atoms with van der Waals surface area (Å²) in [6.07, 6.45) is 0. The van der Waals surface area contributed by atoms with Crippen molar-refractivity contribution in [2.45, 2.75) is 13.0 Å². The van der Waals surface area contributed by atoms with Gasteiger partial charge in [0.15, 0.2) is 0 Å². The minimum Gasteiger partial charge on any atom is -0.492 e. The monoisotopic (exact) mass is 213 g/mol. The number of hydrogen-bond acceptors (Lipinski definition) is 3. The zero-order chi connectivity index (χ0) is 11.3. The molecule has 0 fully saturated rings. The van der Waals surface area contributed by atoms with Gasteiger partial charge in [-0.25, -0.2) is 4.39 Å². The molecule has 0 bridgehead atoms. The summed E-state index contributed by atoms with van der Waals surface area (Å²) in [5.41, 5.74) is 6.24. The van der Waals surface area contributed by atoms with Crippen molar-refractivity contribution in [1.29, 1.82) is 0 Å². The zero-order valence-electron chi connectivity index (χ0n) is 9.00. The molecule has 1 aromatic carbocycles. The molecule has 0 saturated heterocycles. The minimum atomic E-state index is -0.233. The van der Waals surface area contributed by atoms with Crippen LogP contribution in [0.4, 0.5) is 4.39 Å². The average molecular weight is 213 g/mol. The van der Waals surface area contributed by atoms with E-state index in [9.17, 15) is 4.39 Å². The molecule has 0 heterocycles. The average Bonchev–Trinajstić information content (AvgIpc) is 2.20. The van der Waals surface area contributed by atoms with E-state index in [1.165, 1.54) is 6.07 Å². The molecular formula is C11H16FNO2. The first-order chi connectivity index (χ1) is 7.13. The fraction of sp³-hybridized carbons (Fsp3) is 0.455. The Morgan fingerprint density at radius 2 is 2.13 bits per heavy atom. The first kappa shape index (κ1) is 11.9. The van der Waals surface area contributed by atoms with E-state index in [2.05, 4.69) is 0 Å². The van der Waals surface area contributed by atoms with Gasteiger partial charge in [0, 0.05) is 7.11 Å². The van der Waals surface area contributed by atoms with Gasteiger partial charge < -0.3 is 15.2 Å². The van der Waals surface area contributed by atoms with E-state index in [0.717, 1.165) is 0 Å². The largest absolute Gasteiger partial charge is 0.492 e. The highest BCUT2D eigenvalue weighted by Gasteiger charge is 2.04. The van der Waals surface area contributed by atoms with Crippen molar-refractivity contribution >= 4 is 0 Å². The van der Waals surface area contributed by atoms with Gasteiger partial charge in [0.2, 0.25) is 0 Å². The molecule has 0 spiro atoms. The van der Waals surface area contributed by atoms with Crippen molar-refractivity contribution in [1.82, 2.24) is 0 Å². The number of rotatable bonds is 5. The van der Waals surface area contributed by atoms with Crippen LogP contribution in [0.2, 0.25) is 0 Å². The Kier molecular flexibility index (Phi) is 4.52. The smallest absolute Gasteiger partial charge is 0.126 e. The van der Waals surface area contributed by atoms with Gasteiger partial charge in [0.1, 0.15) is 18.2 Å². The molecule has 0 aliphatic heterocycles. The number of benzene rings is 1. The molecule has 0 aliphatic rings. The Morgan fingerprint density at radius 1 is 1.40 bits per heavy atom. The number of halogens is 1. The van der Waals surface area contributed by atoms with Crippen LogP contribution in [-0.4, -0.2) is 26.4 Å². The lowest BCUT2D eigenvalue weighted by Crippen LogP contribution is -2.32. The standard InChI is InChI=1S/C11H16FNO2/c1-8-5-10(3-4-11(8)12)15-7-9(13)6-14-2/h3-5,9H,6-7,13H2,1-2H3. The number of ether oxygens (including phenoxy) is 2. The van der Waals surface area contributed by atoms with Crippen LogP contribution < -0.4 is 10.5 Å². The van der Waals surface area contributed by atoms with Crippen molar-refractivity contribution in [3.63, 3.8) is 0 Å². The van der Waals surface area contributed by atoms with Gasteiger partial charge in [-0.3, -0.25) is 0 Å². The summed E-state index contributed by atoms with van der Waals surface area (Å²) in [6, 6.07) is 4.45. The zero-order valence-corrected chi connectivity index (χ0v) is 9.00. The Bertz CT molecular complexity index is 317. The van der Waals surface area contributed by atoms with Crippen molar-refractivity contribution in [3.05, 3.63) is 29.6 Å². The van der Waals surface area contributed by atoms with Crippen LogP contribution in [0.25, 0.3) is 0 Å². The molecule has 3 nitrogen and oxygen atoms in total. The van der Waals surface area contributed by atoms with E-state index in [1.54, 1.807) is 26.2 Å². The molecule has 1 unspecified atom stereocenters. The number of methoxy groups -OCH3 is 1. The van der Waals surface area contributed by atoms with Crippen molar-refractivity contribution in [3.8, 4) is 5.75 Å². The predicted octanol–water partition coefficient (Wildman–Crippen LogP) is 1.49. The number of hydrogen-bond donors (Lipinski definition) is 1. The molecule has 1 atom stereocenters. The summed E-state index contributed by atoms with van der Waals surface area (Å²) < 4.78 is 23.2. The van der Waals surface area contributed by atoms with Gasteiger partial charge in [-0.05, 0) is 30.7 Å². The maximum absolute atomic E-state index is 12.9. The minimum absolute atomic E-state index is 0.166. The number of nitrogens with two attached hydrogens (primary N) is 1. The van der Waals surface area contributed by atoms with E-state index in [1.807, 2.05) is 0 Å². The van der Waals surface area contributed by atoms with Gasteiger partial charge >= 0.3 is 0 Å². The molecule has 84 valence electrons. The van der Waals surface area contributed by atoms with Gasteiger partial charge in [0.05, 0.1) is 12.6 Å². The quantitative estimate of drug-likeness (QED) is 0.805. The van der Waals surface area contributed by atoms with Gasteiger partial charge in [-0.15, -0.1) is 0 Å². The van der Waals surface area contributed by atoms with Crippen molar-refractivity contribution in [2.75, 3.05) is 20.3 Å². The van der Waals surface area contributed by atoms with E-state index >= 15 is 0 Å². The molecule has 0 saturated carbocycles. The Balaban J connectivity index is 2.47. The molecule has 0 aromatic heterocycles. The Morgan fingerprint density at radius 3 is 2.73 bits per heavy atom. The topological polar surface area (TPSA) is 44.5 Å². The van der Waals surface area contributed by atoms with Crippen molar-refractivity contribution in [2.24, 2.45) is 5.73 Å². The van der Waals surface area contributed by atoms with E-state index in [-0.39, 0.29) is 11.9 Å². The second-order valence-electron chi connectivity index (χ2n) is 3.44. The summed E-state index contributed by atoms with van der Waals surface area (Å²) in [4.78, 5) is 0. The molecule has 0 amide bonds. The highest BCUT2D eigenvalue weighted by molar-refractivity contribution is 5.28. The van der Waals surface area contributed by atoms with Crippen LogP contribution in [-0.2, 0) is 4.74 Å². The summed E-state index contributed by atoms with van der Waals surface area (Å²) >= 11 is 0. The summed E-state index contributed by atoms with van der Waals surface area (Å²) in [5, 5.41) is 0. The fourth-order valence-electron chi connectivity index (χ4n) is 1.17. The molecular weight excluding hydrogens is 197 g/mol. The highest BCUT2D eigenvalue weighted by Crippen LogP contribution is 2.15. The van der Waals surface area contributed by atoms with Crippen LogP contribution in [0.1, 0.15) is 5.56 Å². The molecule has 1 rings (SSSR count). The van der Waals surface area contributed by atoms with Crippen LogP contribution in [0.3, 0.4) is 0 Å². The molecule has 1 aromatic rings. The Hall–Kier alpha value is -1.13. The molecule has 0 radical (unpaired) electrons. The van der Waals surface area contributed by atoms with E-state index in [4.69, 9.17) is 15.2 Å². The lowest BCUT2D eigenvalue weighted by atomic mass is 10.2. The van der Waals surface area contributed by atoms with Crippen LogP contribution >= 0.6 is 0 Å². The van der Waals surface area contributed by atoms with Crippen LogP contribution in [0.5, 0.6) is 5.75 Å². The first-order valence-electron chi connectivity index (χ1n) is 4.77. The molecule has 2 N–H and O–H groups in total. The van der Waals surface area contributed by atoms with Crippen LogP contribution in [0, 0.1) is 12.7 Å². The maximum Gasteiger partial charge on any atom is 0.126 e. The summed E-state index contributed by atoms with van der Waals surface area (Å²) in [6.45, 7) is 2.50. The number of aryl methyl sites for hydroxylation is 1. The molecule has 0 aliphatic carbocycles. The normalized spacial score (nSPS) is 12.5. The highest BCUT2D eigenvalue weighted by atomic mass is 19.1. The second kappa shape index (κ2) is 5.68. The Labute approximate surface area is 89.0 Å². The van der Waals surface area contributed by atoms with Crippen molar-refractivity contribution < 1.29 is 13.9 Å². The molecule has 15 heavy (non-hydrogen) atoms. The lowest BCUT2D eigenvalue weighted by molar-refractivity contribution is 0.152. The van der Waals surface area contributed by atoms with E-state index in [0.29, 0.717) is 24.5 Å². The third kappa shape index (κ3) is 3.85. The summed E-state index contributed by atoms with van der Waals surface area (Å²) in [5.74, 6) is 0.393. The molecule has 4 heteroatoms. The lowest BCUT2D eigenvalue weighted by Gasteiger charge is -2.12. The SMILES string of the molecule is COCC(N)COc1ccc(F)c(C)c1.